The van der Waals surface area contributed by atoms with Gasteiger partial charge < -0.3 is 15.1 Å². The number of guanidine groups is 1. The van der Waals surface area contributed by atoms with Crippen LogP contribution in [0, 0.1) is 0 Å². The van der Waals surface area contributed by atoms with Gasteiger partial charge in [0.15, 0.2) is 10.6 Å². The highest BCUT2D eigenvalue weighted by Crippen LogP contribution is 2.37. The Labute approximate surface area is 162 Å². The first kappa shape index (κ1) is 20.2. The molecule has 2 rings (SSSR count). The maximum Gasteiger partial charge on any atom is 0.191 e. The maximum atomic E-state index is 5.50. The number of furan rings is 1. The molecule has 0 saturated carbocycles. The van der Waals surface area contributed by atoms with Gasteiger partial charge in [-0.2, -0.15) is 11.8 Å². The SMILES string of the molecule is CCNC(=NCC1(C)CCCS1)NCCc1ccc(Br)o1.I. The van der Waals surface area contributed by atoms with E-state index in [-0.39, 0.29) is 24.0 Å². The molecule has 0 aromatic carbocycles. The number of halogens is 2. The lowest BCUT2D eigenvalue weighted by atomic mass is 10.1. The molecule has 0 spiro atoms. The number of thioether (sulfide) groups is 1. The lowest BCUT2D eigenvalue weighted by molar-refractivity contribution is 0.486. The van der Waals surface area contributed by atoms with Gasteiger partial charge in [0.25, 0.3) is 0 Å². The fourth-order valence-corrected chi connectivity index (χ4v) is 3.91. The number of rotatable bonds is 6. The molecular weight excluding hydrogens is 477 g/mol. The van der Waals surface area contributed by atoms with Crippen molar-refractivity contribution < 1.29 is 4.42 Å². The van der Waals surface area contributed by atoms with Gasteiger partial charge in [-0.1, -0.05) is 0 Å². The Hall–Kier alpha value is 0.110. The van der Waals surface area contributed by atoms with Crippen molar-refractivity contribution in [2.45, 2.75) is 37.9 Å². The van der Waals surface area contributed by atoms with E-state index in [1.165, 1.54) is 18.6 Å². The van der Waals surface area contributed by atoms with Crippen LogP contribution in [0.4, 0.5) is 0 Å². The lowest BCUT2D eigenvalue weighted by Crippen LogP contribution is -2.39. The normalized spacial score (nSPS) is 21.5. The molecule has 0 aliphatic carbocycles. The summed E-state index contributed by atoms with van der Waals surface area (Å²) in [5, 5.41) is 6.68. The fourth-order valence-electron chi connectivity index (χ4n) is 2.34. The van der Waals surface area contributed by atoms with E-state index in [9.17, 15) is 0 Å². The highest BCUT2D eigenvalue weighted by atomic mass is 127. The van der Waals surface area contributed by atoms with Gasteiger partial charge in [0.1, 0.15) is 5.76 Å². The van der Waals surface area contributed by atoms with Gasteiger partial charge in [-0.05, 0) is 60.5 Å². The van der Waals surface area contributed by atoms with Crippen LogP contribution in [0.25, 0.3) is 0 Å². The van der Waals surface area contributed by atoms with Crippen LogP contribution in [0.3, 0.4) is 0 Å². The third-order valence-electron chi connectivity index (χ3n) is 3.51. The standard InChI is InChI=1S/C15H24BrN3OS.HI/c1-3-17-14(19-11-15(2)8-4-10-21-15)18-9-7-12-5-6-13(16)20-12;/h5-6H,3-4,7-11H2,1-2H3,(H2,17,18,19);1H. The van der Waals surface area contributed by atoms with Gasteiger partial charge in [-0.3, -0.25) is 4.99 Å². The maximum absolute atomic E-state index is 5.50. The Morgan fingerprint density at radius 3 is 2.86 bits per heavy atom. The molecule has 2 heterocycles. The first-order valence-electron chi connectivity index (χ1n) is 7.52. The third kappa shape index (κ3) is 6.70. The van der Waals surface area contributed by atoms with E-state index in [2.05, 4.69) is 40.4 Å². The molecule has 0 amide bonds. The minimum atomic E-state index is 0. The zero-order valence-corrected chi connectivity index (χ0v) is 17.9. The van der Waals surface area contributed by atoms with E-state index in [0.29, 0.717) is 4.75 Å². The van der Waals surface area contributed by atoms with Crippen molar-refractivity contribution in [2.24, 2.45) is 4.99 Å². The van der Waals surface area contributed by atoms with E-state index in [1.807, 2.05) is 23.9 Å². The first-order valence-corrected chi connectivity index (χ1v) is 9.29. The van der Waals surface area contributed by atoms with E-state index in [4.69, 9.17) is 9.41 Å². The van der Waals surface area contributed by atoms with E-state index in [1.54, 1.807) is 0 Å². The molecule has 7 heteroatoms. The van der Waals surface area contributed by atoms with Gasteiger partial charge in [0.05, 0.1) is 6.54 Å². The van der Waals surface area contributed by atoms with Gasteiger partial charge >= 0.3 is 0 Å². The van der Waals surface area contributed by atoms with Crippen LogP contribution >= 0.6 is 51.7 Å². The molecule has 1 aliphatic heterocycles. The van der Waals surface area contributed by atoms with E-state index >= 15 is 0 Å². The fraction of sp³-hybridized carbons (Fsp3) is 0.667. The van der Waals surface area contributed by atoms with Crippen molar-refractivity contribution in [1.29, 1.82) is 0 Å². The van der Waals surface area contributed by atoms with E-state index in [0.717, 1.165) is 42.4 Å². The molecule has 0 radical (unpaired) electrons. The van der Waals surface area contributed by atoms with Crippen LogP contribution in [0.5, 0.6) is 0 Å². The van der Waals surface area contributed by atoms with Crippen molar-refractivity contribution in [3.05, 3.63) is 22.6 Å². The summed E-state index contributed by atoms with van der Waals surface area (Å²) in [7, 11) is 0. The predicted octanol–water partition coefficient (Wildman–Crippen LogP) is 4.04. The zero-order valence-electron chi connectivity index (χ0n) is 13.2. The summed E-state index contributed by atoms with van der Waals surface area (Å²) in [6.07, 6.45) is 3.43. The Balaban J connectivity index is 0.00000242. The van der Waals surface area contributed by atoms with Crippen LogP contribution in [-0.4, -0.2) is 36.1 Å². The van der Waals surface area contributed by atoms with Crippen molar-refractivity contribution in [2.75, 3.05) is 25.4 Å². The molecule has 1 atom stereocenters. The second-order valence-corrected chi connectivity index (χ2v) is 7.94. The second-order valence-electron chi connectivity index (χ2n) is 5.48. The number of hydrogen-bond donors (Lipinski definition) is 2. The summed E-state index contributed by atoms with van der Waals surface area (Å²) in [4.78, 5) is 4.74. The smallest absolute Gasteiger partial charge is 0.191 e. The molecule has 1 aromatic rings. The second kappa shape index (κ2) is 10.1. The predicted molar refractivity (Wildman–Crippen MR) is 110 cm³/mol. The van der Waals surface area contributed by atoms with Crippen molar-refractivity contribution in [3.63, 3.8) is 0 Å². The van der Waals surface area contributed by atoms with Crippen LogP contribution < -0.4 is 10.6 Å². The van der Waals surface area contributed by atoms with Crippen LogP contribution in [0.15, 0.2) is 26.2 Å². The largest absolute Gasteiger partial charge is 0.454 e. The van der Waals surface area contributed by atoms with Gasteiger partial charge in [0, 0.05) is 24.3 Å². The van der Waals surface area contributed by atoms with Crippen LogP contribution in [-0.2, 0) is 6.42 Å². The topological polar surface area (TPSA) is 49.6 Å². The number of aliphatic imine (C=N–C) groups is 1. The van der Waals surface area contributed by atoms with Crippen LogP contribution in [0.1, 0.15) is 32.4 Å². The van der Waals surface area contributed by atoms with Gasteiger partial charge in [-0.25, -0.2) is 0 Å². The highest BCUT2D eigenvalue weighted by Gasteiger charge is 2.29. The van der Waals surface area contributed by atoms with Crippen molar-refractivity contribution in [3.8, 4) is 0 Å². The van der Waals surface area contributed by atoms with E-state index < -0.39 is 0 Å². The Morgan fingerprint density at radius 1 is 1.45 bits per heavy atom. The Bertz CT molecular complexity index is 475. The molecule has 1 unspecified atom stereocenters. The van der Waals surface area contributed by atoms with Gasteiger partial charge in [-0.15, -0.1) is 24.0 Å². The van der Waals surface area contributed by atoms with Crippen molar-refractivity contribution >= 4 is 57.6 Å². The Kier molecular flexibility index (Phi) is 9.23. The molecule has 1 aliphatic rings. The number of nitrogens with zero attached hydrogens (tertiary/aromatic N) is 1. The lowest BCUT2D eigenvalue weighted by Gasteiger charge is -2.21. The molecule has 1 saturated heterocycles. The highest BCUT2D eigenvalue weighted by molar-refractivity contribution is 14.0. The summed E-state index contributed by atoms with van der Waals surface area (Å²) in [6.45, 7) is 6.97. The summed E-state index contributed by atoms with van der Waals surface area (Å²) >= 11 is 5.37. The molecule has 126 valence electrons. The first-order chi connectivity index (χ1) is 10.1. The average molecular weight is 502 g/mol. The molecule has 1 fully saturated rings. The molecule has 22 heavy (non-hydrogen) atoms. The minimum absolute atomic E-state index is 0. The summed E-state index contributed by atoms with van der Waals surface area (Å²) in [6, 6.07) is 3.92. The van der Waals surface area contributed by atoms with Gasteiger partial charge in [0.2, 0.25) is 0 Å². The zero-order chi connectivity index (χ0) is 15.1. The molecule has 1 aromatic heterocycles. The number of hydrogen-bond acceptors (Lipinski definition) is 3. The molecular formula is C15H25BrIN3OS. The minimum Gasteiger partial charge on any atom is -0.454 e. The molecule has 4 nitrogen and oxygen atoms in total. The summed E-state index contributed by atoms with van der Waals surface area (Å²) in [5.74, 6) is 3.14. The number of nitrogens with one attached hydrogen (secondary N) is 2. The Morgan fingerprint density at radius 2 is 2.27 bits per heavy atom. The van der Waals surface area contributed by atoms with Crippen LogP contribution in [0.2, 0.25) is 0 Å². The molecule has 0 bridgehead atoms. The molecule has 2 N–H and O–H groups in total. The third-order valence-corrected chi connectivity index (χ3v) is 5.46. The summed E-state index contributed by atoms with van der Waals surface area (Å²) in [5.41, 5.74) is 0. The monoisotopic (exact) mass is 501 g/mol. The average Bonchev–Trinajstić information content (AvgIpc) is 3.06. The van der Waals surface area contributed by atoms with Crippen molar-refractivity contribution in [1.82, 2.24) is 10.6 Å². The summed E-state index contributed by atoms with van der Waals surface area (Å²) < 4.78 is 6.59. The quantitative estimate of drug-likeness (QED) is 0.351.